The van der Waals surface area contributed by atoms with Crippen LogP contribution in [0.4, 0.5) is 0 Å². The van der Waals surface area contributed by atoms with Gasteiger partial charge in [0.2, 0.25) is 5.82 Å². The van der Waals surface area contributed by atoms with Gasteiger partial charge in [-0.3, -0.25) is 14.8 Å². The van der Waals surface area contributed by atoms with E-state index in [1.165, 1.54) is 32.0 Å². The quantitative estimate of drug-likeness (QED) is 0.829. The number of aromatic amines is 1. The molecule has 1 saturated carbocycles. The van der Waals surface area contributed by atoms with E-state index in [1.807, 2.05) is 4.90 Å². The van der Waals surface area contributed by atoms with E-state index in [0.29, 0.717) is 5.82 Å². The lowest BCUT2D eigenvalue weighted by Crippen LogP contribution is -2.51. The summed E-state index contributed by atoms with van der Waals surface area (Å²) in [7, 11) is 0. The van der Waals surface area contributed by atoms with Gasteiger partial charge in [-0.2, -0.15) is 5.10 Å². The topological polar surface area (TPSA) is 65.1 Å². The molecule has 1 aromatic heterocycles. The molecule has 0 unspecified atom stereocenters. The molecule has 0 radical (unpaired) electrons. The van der Waals surface area contributed by atoms with Gasteiger partial charge in [0.1, 0.15) is 6.33 Å². The fourth-order valence-electron chi connectivity index (χ4n) is 3.02. The highest BCUT2D eigenvalue weighted by Crippen LogP contribution is 2.24. The van der Waals surface area contributed by atoms with Gasteiger partial charge < -0.3 is 4.90 Å². The molecule has 6 nitrogen and oxygen atoms in total. The summed E-state index contributed by atoms with van der Waals surface area (Å²) < 4.78 is 0. The molecule has 1 amide bonds. The maximum atomic E-state index is 12.1. The van der Waals surface area contributed by atoms with Crippen LogP contribution in [0.1, 0.15) is 36.3 Å². The lowest BCUT2D eigenvalue weighted by atomic mass is 10.2. The molecule has 0 spiro atoms. The standard InChI is InChI=1S/C12H19N5O/c18-12(11-13-9-14-15-11)17-7-5-16(6-8-17)10-3-1-2-4-10/h9-10H,1-8H2,(H,13,14,15). The van der Waals surface area contributed by atoms with Crippen molar-refractivity contribution in [3.05, 3.63) is 12.2 Å². The van der Waals surface area contributed by atoms with E-state index in [2.05, 4.69) is 20.1 Å². The van der Waals surface area contributed by atoms with Crippen LogP contribution in [-0.2, 0) is 0 Å². The third-order valence-corrected chi connectivity index (χ3v) is 4.06. The van der Waals surface area contributed by atoms with Crippen molar-refractivity contribution < 1.29 is 4.79 Å². The normalized spacial score (nSPS) is 22.6. The lowest BCUT2D eigenvalue weighted by molar-refractivity contribution is 0.0562. The van der Waals surface area contributed by atoms with Crippen LogP contribution in [0.25, 0.3) is 0 Å². The van der Waals surface area contributed by atoms with Gasteiger partial charge in [0.15, 0.2) is 0 Å². The number of amides is 1. The number of rotatable bonds is 2. The highest BCUT2D eigenvalue weighted by molar-refractivity contribution is 5.90. The fraction of sp³-hybridized carbons (Fsp3) is 0.750. The largest absolute Gasteiger partial charge is 0.333 e. The second-order valence-corrected chi connectivity index (χ2v) is 5.10. The third-order valence-electron chi connectivity index (χ3n) is 4.06. The van der Waals surface area contributed by atoms with Crippen LogP contribution in [0.5, 0.6) is 0 Å². The minimum Gasteiger partial charge on any atom is -0.333 e. The summed E-state index contributed by atoms with van der Waals surface area (Å²) in [6, 6.07) is 0.757. The van der Waals surface area contributed by atoms with Gasteiger partial charge in [-0.25, -0.2) is 4.98 Å². The Balaban J connectivity index is 1.55. The van der Waals surface area contributed by atoms with Crippen molar-refractivity contribution in [2.24, 2.45) is 0 Å². The number of carbonyl (C=O) groups excluding carboxylic acids is 1. The molecule has 0 bridgehead atoms. The molecule has 1 N–H and O–H groups in total. The molecular formula is C12H19N5O. The highest BCUT2D eigenvalue weighted by atomic mass is 16.2. The Bertz CT molecular complexity index is 391. The predicted molar refractivity (Wildman–Crippen MR) is 66.1 cm³/mol. The van der Waals surface area contributed by atoms with Crippen molar-refractivity contribution in [1.29, 1.82) is 0 Å². The van der Waals surface area contributed by atoms with E-state index in [-0.39, 0.29) is 5.91 Å². The van der Waals surface area contributed by atoms with Crippen LogP contribution in [0.3, 0.4) is 0 Å². The van der Waals surface area contributed by atoms with Gasteiger partial charge in [-0.1, -0.05) is 12.8 Å². The van der Waals surface area contributed by atoms with Gasteiger partial charge in [-0.05, 0) is 12.8 Å². The first-order valence-electron chi connectivity index (χ1n) is 6.73. The lowest BCUT2D eigenvalue weighted by Gasteiger charge is -2.37. The van der Waals surface area contributed by atoms with Crippen molar-refractivity contribution in [1.82, 2.24) is 25.0 Å². The van der Waals surface area contributed by atoms with Gasteiger partial charge in [-0.15, -0.1) is 0 Å². The van der Waals surface area contributed by atoms with Gasteiger partial charge in [0.25, 0.3) is 5.91 Å². The first kappa shape index (κ1) is 11.6. The molecule has 18 heavy (non-hydrogen) atoms. The number of hydrogen-bond donors (Lipinski definition) is 1. The average molecular weight is 249 g/mol. The average Bonchev–Trinajstić information content (AvgIpc) is 3.11. The van der Waals surface area contributed by atoms with E-state index < -0.39 is 0 Å². The Morgan fingerprint density at radius 2 is 1.94 bits per heavy atom. The third kappa shape index (κ3) is 2.25. The number of hydrogen-bond acceptors (Lipinski definition) is 4. The number of nitrogens with zero attached hydrogens (tertiary/aromatic N) is 4. The number of aromatic nitrogens is 3. The molecule has 1 aliphatic heterocycles. The molecular weight excluding hydrogens is 230 g/mol. The smallest absolute Gasteiger partial charge is 0.291 e. The second kappa shape index (κ2) is 5.06. The van der Waals surface area contributed by atoms with Crippen molar-refractivity contribution in [3.8, 4) is 0 Å². The monoisotopic (exact) mass is 249 g/mol. The summed E-state index contributed by atoms with van der Waals surface area (Å²) in [5, 5.41) is 6.36. The van der Waals surface area contributed by atoms with E-state index in [4.69, 9.17) is 0 Å². The zero-order valence-electron chi connectivity index (χ0n) is 10.5. The second-order valence-electron chi connectivity index (χ2n) is 5.10. The van der Waals surface area contributed by atoms with Gasteiger partial charge in [0.05, 0.1) is 0 Å². The molecule has 3 rings (SSSR count). The van der Waals surface area contributed by atoms with Crippen LogP contribution in [-0.4, -0.2) is 63.1 Å². The molecule has 1 aromatic rings. The maximum absolute atomic E-state index is 12.1. The van der Waals surface area contributed by atoms with E-state index in [1.54, 1.807) is 0 Å². The summed E-state index contributed by atoms with van der Waals surface area (Å²) in [4.78, 5) is 20.4. The van der Waals surface area contributed by atoms with Gasteiger partial charge in [0, 0.05) is 32.2 Å². The van der Waals surface area contributed by atoms with Crippen LogP contribution in [0.2, 0.25) is 0 Å². The molecule has 1 saturated heterocycles. The van der Waals surface area contributed by atoms with Crippen molar-refractivity contribution in [3.63, 3.8) is 0 Å². The van der Waals surface area contributed by atoms with E-state index >= 15 is 0 Å². The molecule has 0 atom stereocenters. The van der Waals surface area contributed by atoms with Gasteiger partial charge >= 0.3 is 0 Å². The summed E-state index contributed by atoms with van der Waals surface area (Å²) in [5.41, 5.74) is 0. The SMILES string of the molecule is O=C(c1ncn[nH]1)N1CCN(C2CCCC2)CC1. The minimum absolute atomic E-state index is 0.0291. The number of carbonyl (C=O) groups is 1. The summed E-state index contributed by atoms with van der Waals surface area (Å²) in [6.45, 7) is 3.58. The van der Waals surface area contributed by atoms with E-state index in [9.17, 15) is 4.79 Å². The van der Waals surface area contributed by atoms with Crippen LogP contribution >= 0.6 is 0 Å². The molecule has 6 heteroatoms. The first-order chi connectivity index (χ1) is 8.84. The van der Waals surface area contributed by atoms with Crippen LogP contribution < -0.4 is 0 Å². The zero-order valence-corrected chi connectivity index (χ0v) is 10.5. The van der Waals surface area contributed by atoms with Crippen molar-refractivity contribution in [2.75, 3.05) is 26.2 Å². The Morgan fingerprint density at radius 3 is 2.56 bits per heavy atom. The Labute approximate surface area is 106 Å². The maximum Gasteiger partial charge on any atom is 0.291 e. The Morgan fingerprint density at radius 1 is 1.22 bits per heavy atom. The number of H-pyrrole nitrogens is 1. The summed E-state index contributed by atoms with van der Waals surface area (Å²) in [6.07, 6.45) is 6.76. The molecule has 0 aromatic carbocycles. The van der Waals surface area contributed by atoms with Crippen molar-refractivity contribution >= 4 is 5.91 Å². The number of nitrogens with one attached hydrogen (secondary N) is 1. The Hall–Kier alpha value is -1.43. The highest BCUT2D eigenvalue weighted by Gasteiger charge is 2.28. The fourth-order valence-corrected chi connectivity index (χ4v) is 3.02. The molecule has 1 aliphatic carbocycles. The van der Waals surface area contributed by atoms with E-state index in [0.717, 1.165) is 32.2 Å². The minimum atomic E-state index is -0.0291. The summed E-state index contributed by atoms with van der Waals surface area (Å²) in [5.74, 6) is 0.322. The summed E-state index contributed by atoms with van der Waals surface area (Å²) >= 11 is 0. The molecule has 2 aliphatic rings. The molecule has 2 fully saturated rings. The zero-order chi connectivity index (χ0) is 12.4. The molecule has 2 heterocycles. The van der Waals surface area contributed by atoms with Crippen molar-refractivity contribution in [2.45, 2.75) is 31.7 Å². The molecule has 98 valence electrons. The number of piperazine rings is 1. The Kier molecular flexibility index (Phi) is 3.27. The predicted octanol–water partition coefficient (Wildman–Crippen LogP) is 0.505. The van der Waals surface area contributed by atoms with Crippen LogP contribution in [0, 0.1) is 0 Å². The first-order valence-corrected chi connectivity index (χ1v) is 6.73. The van der Waals surface area contributed by atoms with Crippen LogP contribution in [0.15, 0.2) is 6.33 Å².